The zero-order chi connectivity index (χ0) is 13.6. The van der Waals surface area contributed by atoms with Crippen LogP contribution >= 0.6 is 11.3 Å². The van der Waals surface area contributed by atoms with Crippen LogP contribution in [0.25, 0.3) is 21.0 Å². The van der Waals surface area contributed by atoms with Crippen LogP contribution in [0, 0.1) is 0 Å². The number of H-pyrrole nitrogens is 1. The Kier molecular flexibility index (Phi) is 2.45. The standard InChI is InChI=1S/C10H6F3N5S/c11-10(12,13)4-1-2-6-5(3-4)15-8(19-6)7-16-9(14)18-17-7/h1-3H,(H3,14,16,17,18). The Morgan fingerprint density at radius 1 is 1.21 bits per heavy atom. The Hall–Kier alpha value is -2.16. The van der Waals surface area contributed by atoms with Gasteiger partial charge in [-0.3, -0.25) is 5.10 Å². The number of thiazole rings is 1. The molecular formula is C10H6F3N5S. The van der Waals surface area contributed by atoms with Crippen molar-refractivity contribution in [1.82, 2.24) is 20.2 Å². The van der Waals surface area contributed by atoms with Gasteiger partial charge in [0.05, 0.1) is 15.8 Å². The first-order chi connectivity index (χ1) is 8.93. The van der Waals surface area contributed by atoms with Crippen LogP contribution in [0.4, 0.5) is 19.1 Å². The van der Waals surface area contributed by atoms with E-state index in [1.165, 1.54) is 17.4 Å². The predicted octanol–water partition coefficient (Wildman–Crippen LogP) is 2.68. The van der Waals surface area contributed by atoms with E-state index in [1.54, 1.807) is 0 Å². The molecule has 1 aromatic carbocycles. The SMILES string of the molecule is Nc1n[nH]c(-c2nc3cc(C(F)(F)F)ccc3s2)n1. The van der Waals surface area contributed by atoms with Crippen LogP contribution in [0.3, 0.4) is 0 Å². The number of aromatic amines is 1. The molecule has 0 fully saturated rings. The highest BCUT2D eigenvalue weighted by Crippen LogP contribution is 2.34. The van der Waals surface area contributed by atoms with Crippen molar-refractivity contribution in [3.05, 3.63) is 23.8 Å². The fourth-order valence-corrected chi connectivity index (χ4v) is 2.46. The summed E-state index contributed by atoms with van der Waals surface area (Å²) >= 11 is 1.22. The predicted molar refractivity (Wildman–Crippen MR) is 64.4 cm³/mol. The highest BCUT2D eigenvalue weighted by Gasteiger charge is 2.30. The van der Waals surface area contributed by atoms with Gasteiger partial charge in [-0.25, -0.2) is 4.98 Å². The molecule has 0 aliphatic carbocycles. The lowest BCUT2D eigenvalue weighted by molar-refractivity contribution is -0.137. The topological polar surface area (TPSA) is 80.5 Å². The summed E-state index contributed by atoms with van der Waals surface area (Å²) in [6, 6.07) is 3.42. The summed E-state index contributed by atoms with van der Waals surface area (Å²) in [5, 5.41) is 6.66. The first-order valence-corrected chi connectivity index (χ1v) is 5.91. The summed E-state index contributed by atoms with van der Waals surface area (Å²) in [7, 11) is 0. The molecule has 0 radical (unpaired) electrons. The third kappa shape index (κ3) is 2.12. The minimum atomic E-state index is -4.38. The number of nitrogens with two attached hydrogens (primary N) is 1. The number of benzene rings is 1. The molecule has 98 valence electrons. The number of alkyl halides is 3. The van der Waals surface area contributed by atoms with Crippen LogP contribution in [-0.4, -0.2) is 20.2 Å². The van der Waals surface area contributed by atoms with Gasteiger partial charge in [-0.1, -0.05) is 0 Å². The molecule has 0 spiro atoms. The van der Waals surface area contributed by atoms with Crippen molar-refractivity contribution < 1.29 is 13.2 Å². The van der Waals surface area contributed by atoms with E-state index in [0.717, 1.165) is 12.1 Å². The minimum Gasteiger partial charge on any atom is -0.366 e. The molecule has 0 bridgehead atoms. The molecule has 0 saturated carbocycles. The molecule has 5 nitrogen and oxygen atoms in total. The Morgan fingerprint density at radius 2 is 2.00 bits per heavy atom. The van der Waals surface area contributed by atoms with Gasteiger partial charge in [-0.2, -0.15) is 18.2 Å². The monoisotopic (exact) mass is 285 g/mol. The van der Waals surface area contributed by atoms with Gasteiger partial charge in [0.2, 0.25) is 5.95 Å². The van der Waals surface area contributed by atoms with Gasteiger partial charge in [0.25, 0.3) is 0 Å². The quantitative estimate of drug-likeness (QED) is 0.720. The number of nitrogens with zero attached hydrogens (tertiary/aromatic N) is 3. The fraction of sp³-hybridized carbons (Fsp3) is 0.100. The second kappa shape index (κ2) is 3.92. The first kappa shape index (κ1) is 11.9. The summed E-state index contributed by atoms with van der Waals surface area (Å²) in [5.41, 5.74) is 4.91. The van der Waals surface area contributed by atoms with E-state index in [2.05, 4.69) is 20.2 Å². The molecule has 3 aromatic rings. The molecule has 0 amide bonds. The van der Waals surface area contributed by atoms with E-state index in [0.29, 0.717) is 15.5 Å². The maximum Gasteiger partial charge on any atom is 0.416 e. The first-order valence-electron chi connectivity index (χ1n) is 5.09. The third-order valence-electron chi connectivity index (χ3n) is 2.42. The van der Waals surface area contributed by atoms with Crippen LogP contribution in [0.2, 0.25) is 0 Å². The lowest BCUT2D eigenvalue weighted by Crippen LogP contribution is -2.03. The Morgan fingerprint density at radius 3 is 2.63 bits per heavy atom. The lowest BCUT2D eigenvalue weighted by Gasteiger charge is -2.04. The maximum absolute atomic E-state index is 12.6. The van der Waals surface area contributed by atoms with Crippen LogP contribution in [0.15, 0.2) is 18.2 Å². The van der Waals surface area contributed by atoms with Gasteiger partial charge in [-0.15, -0.1) is 16.4 Å². The van der Waals surface area contributed by atoms with Crippen molar-refractivity contribution in [2.24, 2.45) is 0 Å². The van der Waals surface area contributed by atoms with Crippen molar-refractivity contribution in [3.63, 3.8) is 0 Å². The summed E-state index contributed by atoms with van der Waals surface area (Å²) in [6.07, 6.45) is -4.38. The number of nitrogen functional groups attached to an aromatic ring is 1. The molecule has 0 atom stereocenters. The molecule has 19 heavy (non-hydrogen) atoms. The van der Waals surface area contributed by atoms with Crippen LogP contribution in [0.1, 0.15) is 5.56 Å². The average molecular weight is 285 g/mol. The molecule has 0 aliphatic heterocycles. The van der Waals surface area contributed by atoms with Crippen molar-refractivity contribution in [3.8, 4) is 10.8 Å². The Bertz CT molecular complexity index is 745. The smallest absolute Gasteiger partial charge is 0.366 e. The van der Waals surface area contributed by atoms with E-state index < -0.39 is 11.7 Å². The average Bonchev–Trinajstić information content (AvgIpc) is 2.92. The zero-order valence-corrected chi connectivity index (χ0v) is 10.0. The lowest BCUT2D eigenvalue weighted by atomic mass is 10.2. The largest absolute Gasteiger partial charge is 0.416 e. The molecule has 0 aliphatic rings. The minimum absolute atomic E-state index is 0.0604. The van der Waals surface area contributed by atoms with Crippen molar-refractivity contribution in [2.75, 3.05) is 5.73 Å². The number of nitrogens with one attached hydrogen (secondary N) is 1. The summed E-state index contributed by atoms with van der Waals surface area (Å²) in [4.78, 5) is 7.98. The Labute approximate surface area is 108 Å². The van der Waals surface area contributed by atoms with E-state index in [4.69, 9.17) is 5.73 Å². The van der Waals surface area contributed by atoms with Crippen LogP contribution < -0.4 is 5.73 Å². The molecule has 3 rings (SSSR count). The number of aromatic nitrogens is 4. The highest BCUT2D eigenvalue weighted by molar-refractivity contribution is 7.21. The summed E-state index contributed by atoms with van der Waals surface area (Å²) in [5.74, 6) is 0.400. The molecule has 2 heterocycles. The van der Waals surface area contributed by atoms with Crippen molar-refractivity contribution >= 4 is 27.5 Å². The zero-order valence-electron chi connectivity index (χ0n) is 9.19. The number of hydrogen-bond donors (Lipinski definition) is 2. The number of hydrogen-bond acceptors (Lipinski definition) is 5. The van der Waals surface area contributed by atoms with Gasteiger partial charge in [0.1, 0.15) is 0 Å². The van der Waals surface area contributed by atoms with E-state index in [-0.39, 0.29) is 11.5 Å². The number of halogens is 3. The second-order valence-electron chi connectivity index (χ2n) is 3.74. The maximum atomic E-state index is 12.6. The Balaban J connectivity index is 2.11. The van der Waals surface area contributed by atoms with E-state index in [9.17, 15) is 13.2 Å². The van der Waals surface area contributed by atoms with Gasteiger partial charge < -0.3 is 5.73 Å². The summed E-state index contributed by atoms with van der Waals surface area (Å²) < 4.78 is 38.4. The number of fused-ring (bicyclic) bond motifs is 1. The van der Waals surface area contributed by atoms with Gasteiger partial charge in [0.15, 0.2) is 10.8 Å². The van der Waals surface area contributed by atoms with Gasteiger partial charge in [0, 0.05) is 0 Å². The van der Waals surface area contributed by atoms with E-state index >= 15 is 0 Å². The van der Waals surface area contributed by atoms with Crippen molar-refractivity contribution in [2.45, 2.75) is 6.18 Å². The number of anilines is 1. The normalized spacial score (nSPS) is 12.2. The molecule has 0 saturated heterocycles. The molecule has 9 heteroatoms. The fourth-order valence-electron chi connectivity index (χ4n) is 1.58. The molecule has 3 N–H and O–H groups in total. The number of rotatable bonds is 1. The molecule has 0 unspecified atom stereocenters. The van der Waals surface area contributed by atoms with Gasteiger partial charge in [-0.05, 0) is 18.2 Å². The molecule has 2 aromatic heterocycles. The van der Waals surface area contributed by atoms with Crippen LogP contribution in [0.5, 0.6) is 0 Å². The van der Waals surface area contributed by atoms with Gasteiger partial charge >= 0.3 is 6.18 Å². The van der Waals surface area contributed by atoms with Crippen LogP contribution in [-0.2, 0) is 6.18 Å². The molecular weight excluding hydrogens is 279 g/mol. The second-order valence-corrected chi connectivity index (χ2v) is 4.77. The van der Waals surface area contributed by atoms with E-state index in [1.807, 2.05) is 0 Å². The van der Waals surface area contributed by atoms with Crippen molar-refractivity contribution in [1.29, 1.82) is 0 Å². The third-order valence-corrected chi connectivity index (χ3v) is 3.46. The highest BCUT2D eigenvalue weighted by atomic mass is 32.1. The summed E-state index contributed by atoms with van der Waals surface area (Å²) in [6.45, 7) is 0.